The summed E-state index contributed by atoms with van der Waals surface area (Å²) in [5.41, 5.74) is 7.16. The Morgan fingerprint density at radius 3 is 2.86 bits per heavy atom. The zero-order valence-electron chi connectivity index (χ0n) is 16.4. The minimum atomic E-state index is -1.48. The average Bonchev–Trinajstić information content (AvgIpc) is 3.25. The van der Waals surface area contributed by atoms with Crippen molar-refractivity contribution in [1.29, 1.82) is 0 Å². The lowest BCUT2D eigenvalue weighted by molar-refractivity contribution is 0.0518. The van der Waals surface area contributed by atoms with E-state index in [0.29, 0.717) is 18.8 Å². The summed E-state index contributed by atoms with van der Waals surface area (Å²) in [5, 5.41) is 4.34. The molecule has 142 valence electrons. The van der Waals surface area contributed by atoms with Crippen LogP contribution in [0, 0.1) is 11.5 Å². The molecule has 3 aromatic rings. The molecule has 0 atom stereocenters. The molecule has 0 aliphatic carbocycles. The Morgan fingerprint density at radius 2 is 2.11 bits per heavy atom. The van der Waals surface area contributed by atoms with Crippen molar-refractivity contribution in [2.24, 2.45) is 0 Å². The highest BCUT2D eigenvalue weighted by Crippen LogP contribution is 2.32. The molecular weight excluding hydrogens is 370 g/mol. The quantitative estimate of drug-likeness (QED) is 0.298. The van der Waals surface area contributed by atoms with Gasteiger partial charge in [-0.3, -0.25) is 4.57 Å². The minimum absolute atomic E-state index is 0.301. The Morgan fingerprint density at radius 1 is 1.29 bits per heavy atom. The number of nitrogens with zero attached hydrogens (tertiary/aromatic N) is 5. The van der Waals surface area contributed by atoms with E-state index in [1.807, 2.05) is 22.8 Å². The highest BCUT2D eigenvalue weighted by molar-refractivity contribution is 6.83. The van der Waals surface area contributed by atoms with Crippen LogP contribution in [0.1, 0.15) is 28.7 Å². The van der Waals surface area contributed by atoms with E-state index < -0.39 is 14.0 Å². The van der Waals surface area contributed by atoms with Gasteiger partial charge < -0.3 is 4.74 Å². The molecule has 8 heteroatoms. The van der Waals surface area contributed by atoms with Crippen LogP contribution in [0.3, 0.4) is 0 Å². The summed E-state index contributed by atoms with van der Waals surface area (Å²) in [6.07, 6.45) is 3.18. The van der Waals surface area contributed by atoms with Gasteiger partial charge in [0.25, 0.3) is 0 Å². The Kier molecular flexibility index (Phi) is 4.39. The molecule has 1 aliphatic rings. The summed E-state index contributed by atoms with van der Waals surface area (Å²) in [6.45, 7) is 9.11. The van der Waals surface area contributed by atoms with Crippen molar-refractivity contribution in [3.63, 3.8) is 0 Å². The maximum atomic E-state index is 12.3. The second-order valence-electron chi connectivity index (χ2n) is 7.60. The summed E-state index contributed by atoms with van der Waals surface area (Å²) in [5.74, 6) is 3.61. The molecule has 2 aromatic heterocycles. The summed E-state index contributed by atoms with van der Waals surface area (Å²) in [7, 11) is -1.48. The molecule has 0 saturated heterocycles. The number of carbonyl (C=O) groups excluding carboxylic acids is 1. The lowest BCUT2D eigenvalue weighted by Gasteiger charge is -2.09. The van der Waals surface area contributed by atoms with Crippen molar-refractivity contribution in [2.75, 3.05) is 6.61 Å². The predicted octanol–water partition coefficient (Wildman–Crippen LogP) is 2.90. The number of hydrogen-bond donors (Lipinski definition) is 0. The molecule has 7 nitrogen and oxygen atoms in total. The minimum Gasteiger partial charge on any atom is -0.461 e. The zero-order valence-corrected chi connectivity index (χ0v) is 17.4. The van der Waals surface area contributed by atoms with Gasteiger partial charge in [-0.05, 0) is 25.1 Å². The first-order valence-electron chi connectivity index (χ1n) is 9.16. The number of carbonyl (C=O) groups is 1. The van der Waals surface area contributed by atoms with Crippen molar-refractivity contribution in [1.82, 2.24) is 24.3 Å². The van der Waals surface area contributed by atoms with Crippen LogP contribution in [-0.4, -0.2) is 45.0 Å². The third-order valence-corrected chi connectivity index (χ3v) is 5.20. The van der Waals surface area contributed by atoms with Crippen LogP contribution in [0.25, 0.3) is 17.1 Å². The predicted molar refractivity (Wildman–Crippen MR) is 108 cm³/mol. The van der Waals surface area contributed by atoms with Crippen molar-refractivity contribution in [3.8, 4) is 28.5 Å². The fourth-order valence-corrected chi connectivity index (χ4v) is 3.61. The Labute approximate surface area is 164 Å². The van der Waals surface area contributed by atoms with Crippen molar-refractivity contribution >= 4 is 14.0 Å². The molecule has 4 rings (SSSR count). The molecule has 28 heavy (non-hydrogen) atoms. The molecule has 0 bridgehead atoms. The van der Waals surface area contributed by atoms with E-state index >= 15 is 0 Å². The average molecular weight is 392 g/mol. The fraction of sp³-hybridized carbons (Fsp3) is 0.300. The first-order valence-corrected chi connectivity index (χ1v) is 12.7. The molecular formula is C20H21N5O2Si. The Bertz CT molecular complexity index is 1130. The molecule has 1 aliphatic heterocycles. The summed E-state index contributed by atoms with van der Waals surface area (Å²) >= 11 is 0. The van der Waals surface area contributed by atoms with Crippen LogP contribution < -0.4 is 0 Å². The molecule has 0 spiro atoms. The van der Waals surface area contributed by atoms with Crippen LogP contribution in [0.2, 0.25) is 19.6 Å². The number of benzene rings is 1. The van der Waals surface area contributed by atoms with Crippen LogP contribution in [0.5, 0.6) is 0 Å². The number of ether oxygens (including phenoxy) is 1. The van der Waals surface area contributed by atoms with E-state index in [9.17, 15) is 4.79 Å². The highest BCUT2D eigenvalue weighted by atomic mass is 28.3. The van der Waals surface area contributed by atoms with Gasteiger partial charge in [0.05, 0.1) is 24.5 Å². The van der Waals surface area contributed by atoms with Crippen molar-refractivity contribution in [2.45, 2.75) is 33.1 Å². The third-order valence-electron chi connectivity index (χ3n) is 4.33. The number of fused-ring (bicyclic) bond motifs is 5. The van der Waals surface area contributed by atoms with E-state index in [2.05, 4.69) is 46.2 Å². The maximum absolute atomic E-state index is 12.3. The second-order valence-corrected chi connectivity index (χ2v) is 12.4. The largest absolute Gasteiger partial charge is 0.461 e. The van der Waals surface area contributed by atoms with Gasteiger partial charge in [-0.15, -0.1) is 5.54 Å². The lowest BCUT2D eigenvalue weighted by Crippen LogP contribution is -2.16. The van der Waals surface area contributed by atoms with Crippen LogP contribution in [-0.2, 0) is 11.3 Å². The van der Waals surface area contributed by atoms with Crippen molar-refractivity contribution in [3.05, 3.63) is 47.8 Å². The number of imidazole rings is 1. The SMILES string of the molecule is CCOC(=O)c1ncn2c1Cn1ncnc1-c1cc(C#C[Si](C)(C)C)ccc1-2. The van der Waals surface area contributed by atoms with E-state index in [-0.39, 0.29) is 0 Å². The molecule has 1 aromatic carbocycles. The maximum Gasteiger partial charge on any atom is 0.358 e. The molecule has 0 radical (unpaired) electrons. The summed E-state index contributed by atoms with van der Waals surface area (Å²) in [6, 6.07) is 6.02. The summed E-state index contributed by atoms with van der Waals surface area (Å²) in [4.78, 5) is 21.1. The smallest absolute Gasteiger partial charge is 0.358 e. The van der Waals surface area contributed by atoms with E-state index in [1.54, 1.807) is 17.9 Å². The number of esters is 1. The Balaban J connectivity index is 1.89. The van der Waals surface area contributed by atoms with Crippen LogP contribution >= 0.6 is 0 Å². The summed E-state index contributed by atoms with van der Waals surface area (Å²) < 4.78 is 8.84. The molecule has 0 N–H and O–H groups in total. The lowest BCUT2D eigenvalue weighted by atomic mass is 10.1. The van der Waals surface area contributed by atoms with Gasteiger partial charge in [-0.2, -0.15) is 5.10 Å². The normalized spacial score (nSPS) is 12.1. The number of aromatic nitrogens is 5. The van der Waals surface area contributed by atoms with E-state index in [1.165, 1.54) is 6.33 Å². The van der Waals surface area contributed by atoms with Gasteiger partial charge in [0.15, 0.2) is 11.5 Å². The molecule has 3 heterocycles. The van der Waals surface area contributed by atoms with Gasteiger partial charge in [0, 0.05) is 11.1 Å². The fourth-order valence-electron chi connectivity index (χ4n) is 3.10. The zero-order chi connectivity index (χ0) is 19.9. The highest BCUT2D eigenvalue weighted by Gasteiger charge is 2.27. The molecule has 0 saturated carbocycles. The standard InChI is InChI=1S/C20H21N5O2Si/c1-5-27-20(26)18-17-11-25-19(21-12-23-25)15-10-14(8-9-28(2,3)4)6-7-16(15)24(17)13-22-18/h6-7,10,12-13H,5,11H2,1-4H3. The van der Waals surface area contributed by atoms with Gasteiger partial charge in [-0.25, -0.2) is 19.4 Å². The molecule has 0 amide bonds. The first kappa shape index (κ1) is 18.2. The Hall–Kier alpha value is -3.18. The third kappa shape index (κ3) is 3.25. The number of hydrogen-bond acceptors (Lipinski definition) is 5. The van der Waals surface area contributed by atoms with Gasteiger partial charge in [0.1, 0.15) is 20.7 Å². The first-order chi connectivity index (χ1) is 13.4. The molecule has 0 fully saturated rings. The second kappa shape index (κ2) is 6.76. The molecule has 0 unspecified atom stereocenters. The van der Waals surface area contributed by atoms with E-state index in [0.717, 1.165) is 28.3 Å². The van der Waals surface area contributed by atoms with Crippen molar-refractivity contribution < 1.29 is 9.53 Å². The van der Waals surface area contributed by atoms with E-state index in [4.69, 9.17) is 4.74 Å². The monoisotopic (exact) mass is 391 g/mol. The topological polar surface area (TPSA) is 74.8 Å². The number of rotatable bonds is 2. The van der Waals surface area contributed by atoms with Crippen LogP contribution in [0.4, 0.5) is 0 Å². The van der Waals surface area contributed by atoms with Gasteiger partial charge in [0.2, 0.25) is 0 Å². The van der Waals surface area contributed by atoms with Gasteiger partial charge >= 0.3 is 5.97 Å². The van der Waals surface area contributed by atoms with Crippen LogP contribution in [0.15, 0.2) is 30.9 Å². The van der Waals surface area contributed by atoms with Gasteiger partial charge in [-0.1, -0.05) is 25.6 Å².